The Balaban J connectivity index is 2.06. The van der Waals surface area contributed by atoms with Gasteiger partial charge in [0.2, 0.25) is 0 Å². The highest BCUT2D eigenvalue weighted by Gasteiger charge is 2.19. The van der Waals surface area contributed by atoms with Crippen molar-refractivity contribution in [3.05, 3.63) is 29.3 Å². The molecule has 0 spiro atoms. The molecule has 1 heterocycles. The molecule has 1 aromatic carbocycles. The maximum Gasteiger partial charge on any atom is 0.123 e. The van der Waals surface area contributed by atoms with Gasteiger partial charge in [0.25, 0.3) is 0 Å². The average molecular weight is 290 g/mol. The SMILES string of the molecule is CCCNCc1ccc(OC)c(CN2CCCCC2C)c1. The number of likely N-dealkylation sites (tertiary alicyclic amines) is 1. The van der Waals surface area contributed by atoms with Crippen molar-refractivity contribution in [2.45, 2.75) is 58.7 Å². The van der Waals surface area contributed by atoms with Crippen molar-refractivity contribution >= 4 is 0 Å². The minimum absolute atomic E-state index is 0.685. The predicted molar refractivity (Wildman–Crippen MR) is 88.7 cm³/mol. The molecule has 0 bridgehead atoms. The first-order valence-corrected chi connectivity index (χ1v) is 8.35. The Morgan fingerprint density at radius 3 is 2.90 bits per heavy atom. The van der Waals surface area contributed by atoms with Gasteiger partial charge in [0.1, 0.15) is 5.75 Å². The zero-order valence-electron chi connectivity index (χ0n) is 13.8. The molecular weight excluding hydrogens is 260 g/mol. The van der Waals surface area contributed by atoms with Crippen LogP contribution in [0.5, 0.6) is 5.75 Å². The standard InChI is InChI=1S/C18H30N2O/c1-4-10-19-13-16-8-9-18(21-3)17(12-16)14-20-11-6-5-7-15(20)2/h8-9,12,15,19H,4-7,10-11,13-14H2,1-3H3. The number of rotatable bonds is 7. The van der Waals surface area contributed by atoms with Crippen LogP contribution in [0, 0.1) is 0 Å². The molecule has 1 atom stereocenters. The molecule has 2 rings (SSSR count). The van der Waals surface area contributed by atoms with E-state index in [1.165, 1.54) is 43.4 Å². The molecule has 1 aromatic rings. The number of benzene rings is 1. The third-order valence-corrected chi connectivity index (χ3v) is 4.41. The van der Waals surface area contributed by atoms with Crippen LogP contribution in [0.15, 0.2) is 18.2 Å². The van der Waals surface area contributed by atoms with Gasteiger partial charge in [0.05, 0.1) is 7.11 Å². The van der Waals surface area contributed by atoms with E-state index in [1.54, 1.807) is 7.11 Å². The number of methoxy groups -OCH3 is 1. The average Bonchev–Trinajstić information content (AvgIpc) is 2.50. The topological polar surface area (TPSA) is 24.5 Å². The largest absolute Gasteiger partial charge is 0.496 e. The van der Waals surface area contributed by atoms with Gasteiger partial charge in [-0.2, -0.15) is 0 Å². The molecule has 1 aliphatic rings. The summed E-state index contributed by atoms with van der Waals surface area (Å²) in [7, 11) is 1.77. The van der Waals surface area contributed by atoms with Crippen LogP contribution in [0.1, 0.15) is 50.7 Å². The third kappa shape index (κ3) is 4.72. The molecule has 118 valence electrons. The molecule has 1 aliphatic heterocycles. The van der Waals surface area contributed by atoms with Gasteiger partial charge in [-0.25, -0.2) is 0 Å². The van der Waals surface area contributed by atoms with E-state index in [0.29, 0.717) is 6.04 Å². The molecule has 0 aromatic heterocycles. The predicted octanol–water partition coefficient (Wildman–Crippen LogP) is 3.57. The first kappa shape index (κ1) is 16.3. The third-order valence-electron chi connectivity index (χ3n) is 4.41. The molecule has 1 saturated heterocycles. The van der Waals surface area contributed by atoms with Gasteiger partial charge < -0.3 is 10.1 Å². The number of ether oxygens (including phenoxy) is 1. The number of nitrogens with zero attached hydrogens (tertiary/aromatic N) is 1. The van der Waals surface area contributed by atoms with Crippen molar-refractivity contribution in [1.29, 1.82) is 0 Å². The fraction of sp³-hybridized carbons (Fsp3) is 0.667. The second kappa shape index (κ2) is 8.40. The van der Waals surface area contributed by atoms with Crippen LogP contribution < -0.4 is 10.1 Å². The van der Waals surface area contributed by atoms with E-state index in [2.05, 4.69) is 42.3 Å². The Hall–Kier alpha value is -1.06. The summed E-state index contributed by atoms with van der Waals surface area (Å²) in [4.78, 5) is 2.59. The van der Waals surface area contributed by atoms with Crippen LogP contribution in [0.25, 0.3) is 0 Å². The smallest absolute Gasteiger partial charge is 0.123 e. The lowest BCUT2D eigenvalue weighted by Crippen LogP contribution is -2.36. The molecule has 0 radical (unpaired) electrons. The van der Waals surface area contributed by atoms with Crippen LogP contribution >= 0.6 is 0 Å². The Bertz CT molecular complexity index is 433. The Morgan fingerprint density at radius 1 is 1.33 bits per heavy atom. The van der Waals surface area contributed by atoms with Crippen LogP contribution in [-0.2, 0) is 13.1 Å². The first-order valence-electron chi connectivity index (χ1n) is 8.35. The highest BCUT2D eigenvalue weighted by Crippen LogP contribution is 2.25. The highest BCUT2D eigenvalue weighted by atomic mass is 16.5. The molecule has 21 heavy (non-hydrogen) atoms. The summed E-state index contributed by atoms with van der Waals surface area (Å²) in [6.45, 7) is 8.78. The lowest BCUT2D eigenvalue weighted by Gasteiger charge is -2.33. The summed E-state index contributed by atoms with van der Waals surface area (Å²) in [5, 5.41) is 3.47. The number of nitrogens with one attached hydrogen (secondary N) is 1. The van der Waals surface area contributed by atoms with Crippen molar-refractivity contribution in [1.82, 2.24) is 10.2 Å². The van der Waals surface area contributed by atoms with Gasteiger partial charge in [-0.1, -0.05) is 19.4 Å². The van der Waals surface area contributed by atoms with Gasteiger partial charge in [-0.3, -0.25) is 4.90 Å². The van der Waals surface area contributed by atoms with E-state index >= 15 is 0 Å². The molecule has 0 aliphatic carbocycles. The zero-order valence-corrected chi connectivity index (χ0v) is 13.8. The fourth-order valence-corrected chi connectivity index (χ4v) is 3.09. The van der Waals surface area contributed by atoms with Crippen molar-refractivity contribution in [3.63, 3.8) is 0 Å². The number of piperidine rings is 1. The molecule has 1 unspecified atom stereocenters. The molecule has 1 fully saturated rings. The van der Waals surface area contributed by atoms with Crippen LogP contribution in [0.2, 0.25) is 0 Å². The quantitative estimate of drug-likeness (QED) is 0.777. The van der Waals surface area contributed by atoms with E-state index in [-0.39, 0.29) is 0 Å². The van der Waals surface area contributed by atoms with Crippen LogP contribution in [0.3, 0.4) is 0 Å². The summed E-state index contributed by atoms with van der Waals surface area (Å²) in [5.74, 6) is 1.02. The molecular formula is C18H30N2O. The fourth-order valence-electron chi connectivity index (χ4n) is 3.09. The van der Waals surface area contributed by atoms with Gasteiger partial charge in [-0.05, 0) is 57.0 Å². The van der Waals surface area contributed by atoms with E-state index in [9.17, 15) is 0 Å². The summed E-state index contributed by atoms with van der Waals surface area (Å²) < 4.78 is 5.56. The van der Waals surface area contributed by atoms with Crippen molar-refractivity contribution < 1.29 is 4.74 Å². The van der Waals surface area contributed by atoms with Crippen LogP contribution in [-0.4, -0.2) is 31.1 Å². The Morgan fingerprint density at radius 2 is 2.19 bits per heavy atom. The van der Waals surface area contributed by atoms with Crippen molar-refractivity contribution in [2.24, 2.45) is 0 Å². The lowest BCUT2D eigenvalue weighted by atomic mass is 10.0. The Kier molecular flexibility index (Phi) is 6.52. The van der Waals surface area contributed by atoms with Gasteiger partial charge >= 0.3 is 0 Å². The van der Waals surface area contributed by atoms with E-state index in [1.807, 2.05) is 0 Å². The second-order valence-electron chi connectivity index (χ2n) is 6.14. The number of hydrogen-bond donors (Lipinski definition) is 1. The van der Waals surface area contributed by atoms with Crippen LogP contribution in [0.4, 0.5) is 0 Å². The Labute approximate surface area is 129 Å². The maximum atomic E-state index is 5.56. The van der Waals surface area contributed by atoms with Gasteiger partial charge in [0, 0.05) is 24.7 Å². The summed E-state index contributed by atoms with van der Waals surface area (Å²) in [5.41, 5.74) is 2.67. The van der Waals surface area contributed by atoms with Crippen molar-refractivity contribution in [2.75, 3.05) is 20.2 Å². The molecule has 0 amide bonds. The normalized spacial score (nSPS) is 19.7. The summed E-state index contributed by atoms with van der Waals surface area (Å²) in [6.07, 6.45) is 5.19. The van der Waals surface area contributed by atoms with Gasteiger partial charge in [0.15, 0.2) is 0 Å². The molecule has 3 nitrogen and oxygen atoms in total. The number of hydrogen-bond acceptors (Lipinski definition) is 3. The zero-order chi connectivity index (χ0) is 15.1. The molecule has 0 saturated carbocycles. The minimum Gasteiger partial charge on any atom is -0.496 e. The lowest BCUT2D eigenvalue weighted by molar-refractivity contribution is 0.151. The van der Waals surface area contributed by atoms with Gasteiger partial charge in [-0.15, -0.1) is 0 Å². The molecule has 1 N–H and O–H groups in total. The summed E-state index contributed by atoms with van der Waals surface area (Å²) in [6, 6.07) is 7.28. The second-order valence-corrected chi connectivity index (χ2v) is 6.14. The summed E-state index contributed by atoms with van der Waals surface area (Å²) >= 11 is 0. The monoisotopic (exact) mass is 290 g/mol. The first-order chi connectivity index (χ1) is 10.2. The molecule has 3 heteroatoms. The minimum atomic E-state index is 0.685. The van der Waals surface area contributed by atoms with E-state index < -0.39 is 0 Å². The van der Waals surface area contributed by atoms with E-state index in [4.69, 9.17) is 4.74 Å². The van der Waals surface area contributed by atoms with Crippen molar-refractivity contribution in [3.8, 4) is 5.75 Å². The van der Waals surface area contributed by atoms with E-state index in [0.717, 1.165) is 25.4 Å². The highest BCUT2D eigenvalue weighted by molar-refractivity contribution is 5.37. The maximum absolute atomic E-state index is 5.56.